The van der Waals surface area contributed by atoms with Crippen LogP contribution in [0.15, 0.2) is 24.3 Å². The Morgan fingerprint density at radius 2 is 2.09 bits per heavy atom. The van der Waals surface area contributed by atoms with Gasteiger partial charge in [0.25, 0.3) is 0 Å². The lowest BCUT2D eigenvalue weighted by molar-refractivity contribution is -0.134. The molecule has 5 heteroatoms. The van der Waals surface area contributed by atoms with Crippen LogP contribution in [0.1, 0.15) is 30.1 Å². The fourth-order valence-corrected chi connectivity index (χ4v) is 3.19. The summed E-state index contributed by atoms with van der Waals surface area (Å²) >= 11 is 0. The minimum absolute atomic E-state index is 0.0364. The zero-order valence-corrected chi connectivity index (χ0v) is 14.1. The topological polar surface area (TPSA) is 40.6 Å². The highest BCUT2D eigenvalue weighted by Crippen LogP contribution is 2.18. The van der Waals surface area contributed by atoms with Crippen LogP contribution in [0.25, 0.3) is 0 Å². The number of amides is 1. The average Bonchev–Trinajstić information content (AvgIpc) is 2.91. The number of benzene rings is 1. The monoisotopic (exact) mass is 320 g/mol. The molecule has 0 spiro atoms. The molecule has 1 heterocycles. The third-order valence-corrected chi connectivity index (χ3v) is 4.48. The van der Waals surface area contributed by atoms with Crippen LogP contribution in [0.5, 0.6) is 0 Å². The van der Waals surface area contributed by atoms with Gasteiger partial charge < -0.3 is 9.80 Å². The maximum Gasteiger partial charge on any atom is 0.225 e. The van der Waals surface area contributed by atoms with Gasteiger partial charge in [0.05, 0.1) is 5.56 Å². The fourth-order valence-electron chi connectivity index (χ4n) is 3.19. The molecule has 1 saturated heterocycles. The van der Waals surface area contributed by atoms with Crippen LogP contribution >= 0.6 is 0 Å². The molecule has 2 rings (SSSR count). The minimum atomic E-state index is -0.528. The van der Waals surface area contributed by atoms with Crippen molar-refractivity contribution in [3.8, 4) is 0 Å². The number of rotatable bonds is 6. The molecule has 0 N–H and O–H groups in total. The van der Waals surface area contributed by atoms with Crippen LogP contribution in [0.2, 0.25) is 0 Å². The van der Waals surface area contributed by atoms with Crippen molar-refractivity contribution < 1.29 is 14.0 Å². The molecule has 1 fully saturated rings. The van der Waals surface area contributed by atoms with Crippen molar-refractivity contribution in [2.45, 2.75) is 19.8 Å². The Morgan fingerprint density at radius 1 is 1.39 bits per heavy atom. The van der Waals surface area contributed by atoms with E-state index in [1.807, 2.05) is 0 Å². The molecule has 1 aromatic carbocycles. The number of carbonyl (C=O) groups excluding carboxylic acids is 2. The Hall–Kier alpha value is -1.75. The van der Waals surface area contributed by atoms with Crippen molar-refractivity contribution in [1.29, 1.82) is 0 Å². The van der Waals surface area contributed by atoms with E-state index in [1.54, 1.807) is 31.0 Å². The Balaban J connectivity index is 1.89. The lowest BCUT2D eigenvalue weighted by atomic mass is 9.98. The summed E-state index contributed by atoms with van der Waals surface area (Å²) in [4.78, 5) is 28.6. The van der Waals surface area contributed by atoms with Crippen LogP contribution < -0.4 is 0 Å². The zero-order chi connectivity index (χ0) is 17.0. The van der Waals surface area contributed by atoms with E-state index in [0.717, 1.165) is 19.5 Å². The number of Topliss-reactive ketones (excluding diaryl/α,β-unsaturated/α-hetero) is 1. The summed E-state index contributed by atoms with van der Waals surface area (Å²) in [5.41, 5.74) is 0.0622. The van der Waals surface area contributed by atoms with E-state index in [1.165, 1.54) is 12.1 Å². The van der Waals surface area contributed by atoms with Crippen LogP contribution in [0.3, 0.4) is 0 Å². The molecule has 4 nitrogen and oxygen atoms in total. The zero-order valence-electron chi connectivity index (χ0n) is 14.1. The lowest BCUT2D eigenvalue weighted by Gasteiger charge is -2.24. The van der Waals surface area contributed by atoms with Crippen LogP contribution in [0, 0.1) is 17.7 Å². The molecule has 0 aromatic heterocycles. The van der Waals surface area contributed by atoms with E-state index in [0.29, 0.717) is 12.5 Å². The predicted octanol–water partition coefficient (Wildman–Crippen LogP) is 2.44. The summed E-state index contributed by atoms with van der Waals surface area (Å²) < 4.78 is 13.6. The van der Waals surface area contributed by atoms with Gasteiger partial charge in [0.15, 0.2) is 5.78 Å². The molecule has 0 bridgehead atoms. The SMILES string of the molecule is C[C@@H](CC(=O)c1ccccc1F)C(=O)N(C)C[C@@H]1CCN(C)C1. The van der Waals surface area contributed by atoms with Gasteiger partial charge in [0.2, 0.25) is 5.91 Å². The van der Waals surface area contributed by atoms with Crippen molar-refractivity contribution >= 4 is 11.7 Å². The van der Waals surface area contributed by atoms with Crippen molar-refractivity contribution in [3.05, 3.63) is 35.6 Å². The summed E-state index contributed by atoms with van der Waals surface area (Å²) in [6.07, 6.45) is 1.13. The van der Waals surface area contributed by atoms with E-state index in [-0.39, 0.29) is 23.7 Å². The maximum atomic E-state index is 13.6. The van der Waals surface area contributed by atoms with Gasteiger partial charge in [-0.3, -0.25) is 9.59 Å². The largest absolute Gasteiger partial charge is 0.345 e. The third kappa shape index (κ3) is 4.61. The molecule has 0 aliphatic carbocycles. The second-order valence-corrected chi connectivity index (χ2v) is 6.64. The third-order valence-electron chi connectivity index (χ3n) is 4.48. The Kier molecular flexibility index (Phi) is 5.88. The van der Waals surface area contributed by atoms with Crippen molar-refractivity contribution in [2.75, 3.05) is 33.7 Å². The second-order valence-electron chi connectivity index (χ2n) is 6.64. The molecule has 23 heavy (non-hydrogen) atoms. The maximum absolute atomic E-state index is 13.6. The summed E-state index contributed by atoms with van der Waals surface area (Å²) in [5.74, 6) is -0.851. The molecule has 1 amide bonds. The average molecular weight is 320 g/mol. The van der Waals surface area contributed by atoms with Crippen molar-refractivity contribution in [3.63, 3.8) is 0 Å². The summed E-state index contributed by atoms with van der Waals surface area (Å²) in [5, 5.41) is 0. The number of halogens is 1. The lowest BCUT2D eigenvalue weighted by Crippen LogP contribution is -2.36. The normalized spacial score (nSPS) is 19.6. The first-order valence-corrected chi connectivity index (χ1v) is 8.09. The quantitative estimate of drug-likeness (QED) is 0.756. The number of ketones is 1. The number of hydrogen-bond acceptors (Lipinski definition) is 3. The van der Waals surface area contributed by atoms with E-state index in [4.69, 9.17) is 0 Å². The van der Waals surface area contributed by atoms with E-state index >= 15 is 0 Å². The Labute approximate surface area is 137 Å². The fraction of sp³-hybridized carbons (Fsp3) is 0.556. The van der Waals surface area contributed by atoms with Crippen LogP contribution in [-0.2, 0) is 4.79 Å². The van der Waals surface area contributed by atoms with Crippen molar-refractivity contribution in [1.82, 2.24) is 9.80 Å². The van der Waals surface area contributed by atoms with E-state index < -0.39 is 11.7 Å². The van der Waals surface area contributed by atoms with Gasteiger partial charge in [-0.25, -0.2) is 4.39 Å². The molecule has 0 unspecified atom stereocenters. The van der Waals surface area contributed by atoms with Gasteiger partial charge in [-0.2, -0.15) is 0 Å². The molecule has 1 aliphatic heterocycles. The first-order chi connectivity index (χ1) is 10.9. The van der Waals surface area contributed by atoms with E-state index in [2.05, 4.69) is 11.9 Å². The number of hydrogen-bond donors (Lipinski definition) is 0. The Morgan fingerprint density at radius 3 is 2.70 bits per heavy atom. The smallest absolute Gasteiger partial charge is 0.225 e. The van der Waals surface area contributed by atoms with Gasteiger partial charge in [-0.05, 0) is 38.1 Å². The first-order valence-electron chi connectivity index (χ1n) is 8.09. The summed E-state index contributed by atoms with van der Waals surface area (Å²) in [6, 6.07) is 5.91. The number of carbonyl (C=O) groups is 2. The molecular formula is C18H25FN2O2. The highest BCUT2D eigenvalue weighted by atomic mass is 19.1. The van der Waals surface area contributed by atoms with E-state index in [9.17, 15) is 14.0 Å². The number of likely N-dealkylation sites (tertiary alicyclic amines) is 1. The summed E-state index contributed by atoms with van der Waals surface area (Å²) in [6.45, 7) is 4.51. The van der Waals surface area contributed by atoms with Gasteiger partial charge in [-0.15, -0.1) is 0 Å². The summed E-state index contributed by atoms with van der Waals surface area (Å²) in [7, 11) is 3.86. The molecule has 0 radical (unpaired) electrons. The Bertz CT molecular complexity index is 576. The molecule has 126 valence electrons. The molecule has 1 aliphatic rings. The minimum Gasteiger partial charge on any atom is -0.345 e. The van der Waals surface area contributed by atoms with Gasteiger partial charge in [-0.1, -0.05) is 19.1 Å². The molecular weight excluding hydrogens is 295 g/mol. The van der Waals surface area contributed by atoms with Crippen LogP contribution in [0.4, 0.5) is 4.39 Å². The molecule has 1 aromatic rings. The standard InChI is InChI=1S/C18H25FN2O2/c1-13(10-17(22)15-6-4-5-7-16(15)19)18(23)21(3)12-14-8-9-20(2)11-14/h4-7,13-14H,8-12H2,1-3H3/t13-,14+/m0/s1. The number of nitrogens with zero attached hydrogens (tertiary/aromatic N) is 2. The van der Waals surface area contributed by atoms with Gasteiger partial charge in [0, 0.05) is 32.5 Å². The molecule has 2 atom stereocenters. The second kappa shape index (κ2) is 7.68. The van der Waals surface area contributed by atoms with Gasteiger partial charge in [0.1, 0.15) is 5.82 Å². The molecule has 0 saturated carbocycles. The highest BCUT2D eigenvalue weighted by molar-refractivity contribution is 5.98. The first kappa shape index (κ1) is 17.6. The van der Waals surface area contributed by atoms with Crippen LogP contribution in [-0.4, -0.2) is 55.2 Å². The van der Waals surface area contributed by atoms with Crippen molar-refractivity contribution in [2.24, 2.45) is 11.8 Å². The van der Waals surface area contributed by atoms with Gasteiger partial charge >= 0.3 is 0 Å². The predicted molar refractivity (Wildman–Crippen MR) is 87.8 cm³/mol. The highest BCUT2D eigenvalue weighted by Gasteiger charge is 2.26.